The van der Waals surface area contributed by atoms with E-state index in [-0.39, 0.29) is 0 Å². The standard InChI is InChI=1S/C19H29N6O5P/c26-19(30-18-4-2-1-3-5-18)20-21-22-31(23-6-12-27-13-7-23,24-8-14-28-15-9-24)25-10-16-29-17-11-25/h1-5H,6-17H2/b21-20+. The van der Waals surface area contributed by atoms with Crippen molar-refractivity contribution in [2.45, 2.75) is 0 Å². The highest BCUT2D eigenvalue weighted by Crippen LogP contribution is 2.60. The van der Waals surface area contributed by atoms with Crippen LogP contribution in [0.25, 0.3) is 0 Å². The summed E-state index contributed by atoms with van der Waals surface area (Å²) in [4.78, 5) is 17.0. The maximum absolute atomic E-state index is 12.2. The van der Waals surface area contributed by atoms with Gasteiger partial charge in [-0.15, -0.1) is 4.85 Å². The van der Waals surface area contributed by atoms with E-state index in [1.54, 1.807) is 24.3 Å². The third-order valence-corrected chi connectivity index (χ3v) is 9.13. The molecule has 0 spiro atoms. The molecule has 3 aliphatic rings. The molecule has 0 aliphatic carbocycles. The van der Waals surface area contributed by atoms with E-state index in [9.17, 15) is 4.79 Å². The molecule has 3 fully saturated rings. The van der Waals surface area contributed by atoms with Crippen LogP contribution in [0.4, 0.5) is 4.79 Å². The Kier molecular flexibility index (Phi) is 8.15. The molecule has 0 radical (unpaired) electrons. The lowest BCUT2D eigenvalue weighted by atomic mass is 10.3. The molecule has 0 saturated carbocycles. The number of rotatable bonds is 5. The number of hydrogen-bond acceptors (Lipinski definition) is 5. The van der Waals surface area contributed by atoms with Crippen LogP contribution >= 0.6 is 7.51 Å². The van der Waals surface area contributed by atoms with E-state index >= 15 is 0 Å². The van der Waals surface area contributed by atoms with Gasteiger partial charge in [-0.3, -0.25) is 0 Å². The van der Waals surface area contributed by atoms with E-state index in [2.05, 4.69) is 24.3 Å². The fourth-order valence-electron chi connectivity index (χ4n) is 3.89. The van der Waals surface area contributed by atoms with E-state index in [1.165, 1.54) is 0 Å². The van der Waals surface area contributed by atoms with Crippen molar-refractivity contribution in [2.75, 3.05) is 78.9 Å². The molecule has 1 aromatic rings. The van der Waals surface area contributed by atoms with Gasteiger partial charge in [0.1, 0.15) is 5.75 Å². The molecular formula is C19H29N6O5P. The second kappa shape index (κ2) is 11.2. The minimum absolute atomic E-state index is 0.419. The summed E-state index contributed by atoms with van der Waals surface area (Å²) in [5, 5.41) is 7.78. The van der Waals surface area contributed by atoms with Crippen LogP contribution in [0, 0.1) is 0 Å². The van der Waals surface area contributed by atoms with E-state index in [0.29, 0.717) is 45.4 Å². The zero-order valence-electron chi connectivity index (χ0n) is 17.5. The number of benzene rings is 1. The van der Waals surface area contributed by atoms with Gasteiger partial charge >= 0.3 is 6.09 Å². The summed E-state index contributed by atoms with van der Waals surface area (Å²) in [7, 11) is -2.44. The Bertz CT molecular complexity index is 740. The van der Waals surface area contributed by atoms with Crippen molar-refractivity contribution in [1.29, 1.82) is 0 Å². The zero-order valence-corrected chi connectivity index (χ0v) is 18.4. The molecule has 3 saturated heterocycles. The van der Waals surface area contributed by atoms with Gasteiger partial charge in [-0.05, 0) is 17.4 Å². The first-order chi connectivity index (χ1) is 15.3. The van der Waals surface area contributed by atoms with Crippen LogP contribution in [-0.2, 0) is 14.2 Å². The lowest BCUT2D eigenvalue weighted by Crippen LogP contribution is -2.50. The van der Waals surface area contributed by atoms with Gasteiger partial charge in [-0.2, -0.15) is 0 Å². The molecule has 0 aromatic heterocycles. The fraction of sp³-hybridized carbons (Fsp3) is 0.632. The molecule has 0 N–H and O–H groups in total. The van der Waals surface area contributed by atoms with E-state index < -0.39 is 13.6 Å². The summed E-state index contributed by atoms with van der Waals surface area (Å²) in [6.45, 7) is 8.30. The first-order valence-corrected chi connectivity index (χ1v) is 12.2. The van der Waals surface area contributed by atoms with Gasteiger partial charge in [0, 0.05) is 39.3 Å². The third kappa shape index (κ3) is 5.56. The lowest BCUT2D eigenvalue weighted by Gasteiger charge is -2.51. The summed E-state index contributed by atoms with van der Waals surface area (Å²) in [5.41, 5.74) is 0. The van der Waals surface area contributed by atoms with E-state index in [0.717, 1.165) is 39.3 Å². The molecule has 12 heteroatoms. The van der Waals surface area contributed by atoms with Crippen LogP contribution in [0.5, 0.6) is 5.75 Å². The maximum Gasteiger partial charge on any atom is 0.459 e. The van der Waals surface area contributed by atoms with Crippen molar-refractivity contribution in [3.8, 4) is 5.75 Å². The van der Waals surface area contributed by atoms with Crippen LogP contribution < -0.4 is 4.74 Å². The number of amides is 1. The molecule has 0 atom stereocenters. The molecule has 0 unspecified atom stereocenters. The van der Waals surface area contributed by atoms with Crippen LogP contribution in [0.15, 0.2) is 45.5 Å². The topological polar surface area (TPSA) is 101 Å². The van der Waals surface area contributed by atoms with Gasteiger partial charge in [-0.25, -0.2) is 18.8 Å². The van der Waals surface area contributed by atoms with Crippen molar-refractivity contribution in [1.82, 2.24) is 14.0 Å². The largest absolute Gasteiger partial charge is 0.459 e. The molecule has 0 bridgehead atoms. The van der Waals surface area contributed by atoms with Gasteiger partial charge in [0.05, 0.1) is 39.6 Å². The molecule has 11 nitrogen and oxygen atoms in total. The average Bonchev–Trinajstić information content (AvgIpc) is 2.84. The predicted octanol–water partition coefficient (Wildman–Crippen LogP) is 2.50. The number of hydrogen-bond donors (Lipinski definition) is 0. The molecule has 1 aromatic carbocycles. The van der Waals surface area contributed by atoms with Gasteiger partial charge in [0.15, 0.2) is 7.51 Å². The summed E-state index contributed by atoms with van der Waals surface area (Å²) < 4.78 is 29.1. The molecule has 4 rings (SSSR count). The highest BCUT2D eigenvalue weighted by molar-refractivity contribution is 7.59. The summed E-state index contributed by atoms with van der Waals surface area (Å²) in [6, 6.07) is 8.81. The summed E-state index contributed by atoms with van der Waals surface area (Å²) in [5.74, 6) is 0.419. The Morgan fingerprint density at radius 3 is 1.68 bits per heavy atom. The number of para-hydroxylation sites is 1. The van der Waals surface area contributed by atoms with E-state index in [4.69, 9.17) is 23.8 Å². The predicted molar refractivity (Wildman–Crippen MR) is 114 cm³/mol. The minimum Gasteiger partial charge on any atom is -0.408 e. The van der Waals surface area contributed by atoms with Gasteiger partial charge in [-0.1, -0.05) is 23.3 Å². The summed E-state index contributed by atoms with van der Waals surface area (Å²) >= 11 is 0. The number of nitrogens with zero attached hydrogens (tertiary/aromatic N) is 6. The first-order valence-electron chi connectivity index (χ1n) is 10.6. The van der Waals surface area contributed by atoms with Gasteiger partial charge < -0.3 is 18.9 Å². The van der Waals surface area contributed by atoms with Crippen LogP contribution in [0.1, 0.15) is 0 Å². The molecule has 3 heterocycles. The lowest BCUT2D eigenvalue weighted by molar-refractivity contribution is 0.0372. The number of ether oxygens (including phenoxy) is 4. The highest BCUT2D eigenvalue weighted by atomic mass is 31.2. The van der Waals surface area contributed by atoms with Crippen molar-refractivity contribution in [2.24, 2.45) is 15.2 Å². The first kappa shape index (κ1) is 22.5. The number of morpholine rings is 3. The van der Waals surface area contributed by atoms with Gasteiger partial charge in [0.25, 0.3) is 0 Å². The molecule has 3 aliphatic heterocycles. The van der Waals surface area contributed by atoms with Crippen molar-refractivity contribution in [3.05, 3.63) is 30.3 Å². The fourth-order valence-corrected chi connectivity index (χ4v) is 7.55. The summed E-state index contributed by atoms with van der Waals surface area (Å²) in [6.07, 6.45) is -0.793. The van der Waals surface area contributed by atoms with Gasteiger partial charge in [0.2, 0.25) is 0 Å². The smallest absolute Gasteiger partial charge is 0.408 e. The van der Waals surface area contributed by atoms with E-state index in [1.807, 2.05) is 6.07 Å². The van der Waals surface area contributed by atoms with Crippen molar-refractivity contribution in [3.63, 3.8) is 0 Å². The molecule has 170 valence electrons. The van der Waals surface area contributed by atoms with Crippen LogP contribution in [-0.4, -0.2) is 99.0 Å². The quantitative estimate of drug-likeness (QED) is 0.382. The Hall–Kier alpha value is -1.72. The minimum atomic E-state index is -2.44. The maximum atomic E-state index is 12.2. The van der Waals surface area contributed by atoms with Crippen molar-refractivity contribution >= 4 is 13.6 Å². The number of carbonyl (C=O) groups excluding carboxylic acids is 1. The average molecular weight is 452 g/mol. The normalized spacial score (nSPS) is 22.5. The number of carbonyl (C=O) groups is 1. The van der Waals surface area contributed by atoms with Crippen LogP contribution in [0.2, 0.25) is 0 Å². The SMILES string of the molecule is O=C(/N=N/N=P(N1CCOCC1)(N1CCOCC1)N1CCOCC1)Oc1ccccc1. The second-order valence-corrected chi connectivity index (χ2v) is 10.1. The third-order valence-electron chi connectivity index (χ3n) is 5.34. The second-order valence-electron chi connectivity index (χ2n) is 7.19. The Labute approximate surface area is 182 Å². The molecule has 31 heavy (non-hydrogen) atoms. The molecular weight excluding hydrogens is 423 g/mol. The van der Waals surface area contributed by atoms with Crippen LogP contribution in [0.3, 0.4) is 0 Å². The Balaban J connectivity index is 1.64. The Morgan fingerprint density at radius 1 is 0.774 bits per heavy atom. The Morgan fingerprint density at radius 2 is 1.23 bits per heavy atom. The monoisotopic (exact) mass is 452 g/mol. The van der Waals surface area contributed by atoms with Crippen molar-refractivity contribution < 1.29 is 23.7 Å². The molecule has 1 amide bonds. The highest BCUT2D eigenvalue weighted by Gasteiger charge is 2.42. The zero-order chi connectivity index (χ0) is 21.4.